The quantitative estimate of drug-likeness (QED) is 0.0199. The summed E-state index contributed by atoms with van der Waals surface area (Å²) >= 11 is 0. The number of amides is 1. The van der Waals surface area contributed by atoms with Gasteiger partial charge in [-0.25, -0.2) is 0 Å². The molecule has 12 N–H and O–H groups in total. The van der Waals surface area contributed by atoms with Crippen molar-refractivity contribution in [3.63, 3.8) is 0 Å². The van der Waals surface area contributed by atoms with Crippen molar-refractivity contribution in [1.29, 1.82) is 0 Å². The first-order chi connectivity index (χ1) is 51.3. The van der Waals surface area contributed by atoms with Crippen LogP contribution in [0.25, 0.3) is 0 Å². The molecule has 0 aromatic carbocycles. The molecule has 3 saturated heterocycles. The fourth-order valence-corrected chi connectivity index (χ4v) is 14.2. The number of carbonyl (C=O) groups is 1. The predicted octanol–water partition coefficient (Wildman–Crippen LogP) is 15.2. The highest BCUT2D eigenvalue weighted by molar-refractivity contribution is 5.76. The third kappa shape index (κ3) is 45.4. The number of rotatable bonds is 68. The van der Waals surface area contributed by atoms with Gasteiger partial charge < -0.3 is 89.9 Å². The average molecular weight is 1490 g/mol. The lowest BCUT2D eigenvalue weighted by molar-refractivity contribution is -0.379. The highest BCUT2D eigenvalue weighted by Crippen LogP contribution is 2.33. The molecule has 105 heavy (non-hydrogen) atoms. The Bertz CT molecular complexity index is 2180. The summed E-state index contributed by atoms with van der Waals surface area (Å²) in [7, 11) is 0. The van der Waals surface area contributed by atoms with E-state index in [9.17, 15) is 61.0 Å². The van der Waals surface area contributed by atoms with Gasteiger partial charge in [0.2, 0.25) is 5.91 Å². The van der Waals surface area contributed by atoms with E-state index in [2.05, 4.69) is 79.9 Å². The van der Waals surface area contributed by atoms with Gasteiger partial charge in [0.15, 0.2) is 18.9 Å². The molecule has 3 rings (SSSR count). The molecule has 0 bridgehead atoms. The molecule has 3 heterocycles. The monoisotopic (exact) mass is 1490 g/mol. The van der Waals surface area contributed by atoms with Gasteiger partial charge >= 0.3 is 0 Å². The zero-order valence-electron chi connectivity index (χ0n) is 65.7. The molecule has 1 amide bonds. The number of unbranched alkanes of at least 4 members (excludes halogenated alkanes) is 42. The Morgan fingerprint density at radius 2 is 0.657 bits per heavy atom. The Morgan fingerprint density at radius 1 is 0.352 bits per heavy atom. The molecule has 17 unspecified atom stereocenters. The lowest BCUT2D eigenvalue weighted by Crippen LogP contribution is -2.66. The summed E-state index contributed by atoms with van der Waals surface area (Å²) in [4.78, 5) is 13.5. The van der Waals surface area contributed by atoms with Crippen LogP contribution >= 0.6 is 0 Å². The number of ether oxygens (including phenoxy) is 6. The minimum atomic E-state index is -1.98. The molecule has 0 spiro atoms. The van der Waals surface area contributed by atoms with Crippen LogP contribution in [0.1, 0.15) is 335 Å². The van der Waals surface area contributed by atoms with E-state index < -0.39 is 124 Å². The van der Waals surface area contributed by atoms with Crippen molar-refractivity contribution >= 4 is 5.91 Å². The zero-order valence-corrected chi connectivity index (χ0v) is 65.7. The van der Waals surface area contributed by atoms with Crippen molar-refractivity contribution in [3.8, 4) is 0 Å². The number of aliphatic hydroxyl groups is 11. The second kappa shape index (κ2) is 65.9. The molecule has 3 aliphatic heterocycles. The maximum atomic E-state index is 13.5. The Labute approximate surface area is 636 Å². The third-order valence-electron chi connectivity index (χ3n) is 21.0. The second-order valence-electron chi connectivity index (χ2n) is 30.3. The molecule has 3 fully saturated rings. The molecule has 3 aliphatic rings. The van der Waals surface area contributed by atoms with E-state index >= 15 is 0 Å². The van der Waals surface area contributed by atoms with Gasteiger partial charge in [-0.2, -0.15) is 0 Å². The first-order valence-corrected chi connectivity index (χ1v) is 42.7. The second-order valence-corrected chi connectivity index (χ2v) is 30.3. The molecule has 0 aliphatic carbocycles. The molecule has 19 nitrogen and oxygen atoms in total. The Morgan fingerprint density at radius 3 is 1.03 bits per heavy atom. The van der Waals surface area contributed by atoms with Crippen molar-refractivity contribution in [2.24, 2.45) is 0 Å². The van der Waals surface area contributed by atoms with Crippen molar-refractivity contribution in [3.05, 3.63) is 72.9 Å². The summed E-state index contributed by atoms with van der Waals surface area (Å²) in [5.41, 5.74) is 0. The Hall–Kier alpha value is -2.77. The lowest BCUT2D eigenvalue weighted by Gasteiger charge is -2.48. The van der Waals surface area contributed by atoms with Gasteiger partial charge in [0.25, 0.3) is 0 Å². The minimum Gasteiger partial charge on any atom is -0.394 e. The summed E-state index contributed by atoms with van der Waals surface area (Å²) in [5, 5.41) is 121. The SMILES string of the molecule is CC/C=C\C/C=C\C/C=C\C/C=C\C/C=C\CCCCCCCCCCCCCCCCCCCCCCCCCC(=O)NC(COC1OC(CO)C(OC2OC(CO)C(OC3OC(CO)C(O)C(O)C3O)C(O)C2O)C(O)C1O)C(O)/C=C/CCCCCCCCCCCCCCCCCCCCC. The normalized spacial score (nSPS) is 26.1. The van der Waals surface area contributed by atoms with E-state index in [1.54, 1.807) is 6.08 Å². The number of hydrogen-bond donors (Lipinski definition) is 12. The van der Waals surface area contributed by atoms with Gasteiger partial charge in [0, 0.05) is 6.42 Å². The van der Waals surface area contributed by atoms with E-state index in [1.165, 1.54) is 231 Å². The molecule has 17 atom stereocenters. The van der Waals surface area contributed by atoms with E-state index in [0.29, 0.717) is 6.42 Å². The van der Waals surface area contributed by atoms with E-state index in [1.807, 2.05) is 6.08 Å². The van der Waals surface area contributed by atoms with Crippen LogP contribution in [0.2, 0.25) is 0 Å². The van der Waals surface area contributed by atoms with Crippen LogP contribution < -0.4 is 5.32 Å². The van der Waals surface area contributed by atoms with Gasteiger partial charge in [0.1, 0.15) is 73.2 Å². The number of carbonyl (C=O) groups excluding carboxylic acids is 1. The molecular formula is C86H155NO18. The summed E-state index contributed by atoms with van der Waals surface area (Å²) in [5.74, 6) is -0.270. The number of allylic oxidation sites excluding steroid dienone is 11. The van der Waals surface area contributed by atoms with Gasteiger partial charge in [0.05, 0.1) is 38.6 Å². The highest BCUT2D eigenvalue weighted by Gasteiger charge is 2.54. The highest BCUT2D eigenvalue weighted by atomic mass is 16.8. The molecule has 0 radical (unpaired) electrons. The number of hydrogen-bond acceptors (Lipinski definition) is 18. The Balaban J connectivity index is 1.31. The fourth-order valence-electron chi connectivity index (χ4n) is 14.2. The summed E-state index contributed by atoms with van der Waals surface area (Å²) in [6, 6.07) is -0.975. The van der Waals surface area contributed by atoms with Crippen LogP contribution in [0, 0.1) is 0 Å². The maximum Gasteiger partial charge on any atom is 0.220 e. The van der Waals surface area contributed by atoms with Gasteiger partial charge in [-0.3, -0.25) is 4.79 Å². The zero-order chi connectivity index (χ0) is 76.0. The Kier molecular flexibility index (Phi) is 60.5. The molecule has 612 valence electrons. The van der Waals surface area contributed by atoms with Crippen LogP contribution in [0.5, 0.6) is 0 Å². The smallest absolute Gasteiger partial charge is 0.220 e. The van der Waals surface area contributed by atoms with Gasteiger partial charge in [-0.1, -0.05) is 337 Å². The van der Waals surface area contributed by atoms with Crippen LogP contribution in [-0.4, -0.2) is 193 Å². The van der Waals surface area contributed by atoms with E-state index in [0.717, 1.165) is 77.0 Å². The van der Waals surface area contributed by atoms with Crippen LogP contribution in [0.15, 0.2) is 72.9 Å². The largest absolute Gasteiger partial charge is 0.394 e. The van der Waals surface area contributed by atoms with E-state index in [-0.39, 0.29) is 18.9 Å². The standard InChI is InChI=1S/C86H155NO18/c1-3-5-7-9-11-13-15-17-19-21-23-25-26-27-28-29-30-31-32-33-34-35-36-37-38-39-40-41-42-44-46-48-50-52-54-56-58-60-62-64-74(92)87-69(70(91)63-61-59-57-55-53-51-49-47-45-43-24-22-20-18-16-14-12-10-8-6-4-2)68-100-84-80(98)77(95)82(72(66-89)102-84)105-86-81(99)78(96)83(73(67-90)103-86)104-85-79(97)76(94)75(93)71(65-88)101-85/h5,7,11,13,17,19,23,25,27-28,61,63,69-73,75-86,88-91,93-99H,3-4,6,8-10,12,14-16,18,20-22,24,26,29-60,62,64-68H2,1-2H3,(H,87,92)/b7-5-,13-11-,19-17-,25-23-,28-27-,63-61+. The van der Waals surface area contributed by atoms with Crippen LogP contribution in [-0.2, 0) is 33.2 Å². The van der Waals surface area contributed by atoms with Crippen molar-refractivity contribution in [2.45, 2.75) is 439 Å². The van der Waals surface area contributed by atoms with Crippen molar-refractivity contribution in [1.82, 2.24) is 5.32 Å². The topological polar surface area (TPSA) is 307 Å². The molecule has 0 saturated carbocycles. The predicted molar refractivity (Wildman–Crippen MR) is 420 cm³/mol. The third-order valence-corrected chi connectivity index (χ3v) is 21.0. The van der Waals surface area contributed by atoms with Crippen molar-refractivity contribution in [2.75, 3.05) is 26.4 Å². The van der Waals surface area contributed by atoms with Gasteiger partial charge in [-0.15, -0.1) is 0 Å². The average Bonchev–Trinajstić information content (AvgIpc) is 0.780. The van der Waals surface area contributed by atoms with Crippen LogP contribution in [0.3, 0.4) is 0 Å². The molecule has 19 heteroatoms. The molecule has 0 aromatic rings. The van der Waals surface area contributed by atoms with Crippen LogP contribution in [0.4, 0.5) is 0 Å². The van der Waals surface area contributed by atoms with Gasteiger partial charge in [-0.05, 0) is 64.2 Å². The maximum absolute atomic E-state index is 13.5. The molecular weight excluding hydrogens is 1330 g/mol. The molecule has 0 aromatic heterocycles. The first kappa shape index (κ1) is 96.4. The summed E-state index contributed by atoms with van der Waals surface area (Å²) in [6.45, 7) is 1.67. The minimum absolute atomic E-state index is 0.245. The summed E-state index contributed by atoms with van der Waals surface area (Å²) < 4.78 is 34.5. The lowest BCUT2D eigenvalue weighted by atomic mass is 9.96. The number of aliphatic hydroxyl groups excluding tert-OH is 11. The summed E-state index contributed by atoms with van der Waals surface area (Å²) in [6.07, 6.45) is 60.4. The fraction of sp³-hybridized carbons (Fsp3) is 0.849. The van der Waals surface area contributed by atoms with Crippen molar-refractivity contribution < 1.29 is 89.4 Å². The first-order valence-electron chi connectivity index (χ1n) is 42.7. The number of nitrogens with one attached hydrogen (secondary N) is 1. The van der Waals surface area contributed by atoms with E-state index in [4.69, 9.17) is 28.4 Å².